The van der Waals surface area contributed by atoms with Crippen LogP contribution in [0.15, 0.2) is 84.2 Å². The third-order valence-electron chi connectivity index (χ3n) is 4.73. The van der Waals surface area contributed by atoms with Crippen LogP contribution in [-0.4, -0.2) is 20.5 Å². The number of fused-ring (bicyclic) bond motifs is 1. The van der Waals surface area contributed by atoms with Gasteiger partial charge >= 0.3 is 0 Å². The molecule has 5 rings (SSSR count). The highest BCUT2D eigenvalue weighted by atomic mass is 32.1. The lowest BCUT2D eigenvalue weighted by Crippen LogP contribution is -2.13. The SMILES string of the molecule is Cc1ccc(-c2csc3nc(NC(=O)c4cccc(Oc5ccccc5)c4)nn23)cc1. The number of carbonyl (C=O) groups excluding carboxylic acids is 1. The number of aryl methyl sites for hydroxylation is 1. The Labute approximate surface area is 182 Å². The predicted octanol–water partition coefficient (Wildman–Crippen LogP) is 5.81. The summed E-state index contributed by atoms with van der Waals surface area (Å²) in [5.74, 6) is 1.26. The summed E-state index contributed by atoms with van der Waals surface area (Å²) in [5, 5.41) is 9.27. The number of anilines is 1. The highest BCUT2D eigenvalue weighted by Crippen LogP contribution is 2.26. The Kier molecular flexibility index (Phi) is 4.93. The zero-order valence-electron chi connectivity index (χ0n) is 16.6. The van der Waals surface area contributed by atoms with Crippen molar-refractivity contribution < 1.29 is 9.53 Å². The molecule has 31 heavy (non-hydrogen) atoms. The van der Waals surface area contributed by atoms with E-state index in [4.69, 9.17) is 4.74 Å². The number of ether oxygens (including phenoxy) is 1. The number of nitrogens with zero attached hydrogens (tertiary/aromatic N) is 3. The molecule has 0 atom stereocenters. The van der Waals surface area contributed by atoms with Crippen molar-refractivity contribution in [2.45, 2.75) is 6.92 Å². The highest BCUT2D eigenvalue weighted by molar-refractivity contribution is 7.15. The first-order valence-electron chi connectivity index (χ1n) is 9.71. The van der Waals surface area contributed by atoms with Gasteiger partial charge in [0.15, 0.2) is 0 Å². The average Bonchev–Trinajstić information content (AvgIpc) is 3.36. The maximum absolute atomic E-state index is 12.8. The number of hydrogen-bond acceptors (Lipinski definition) is 5. The average molecular weight is 427 g/mol. The van der Waals surface area contributed by atoms with Gasteiger partial charge in [0, 0.05) is 16.5 Å². The van der Waals surface area contributed by atoms with Crippen molar-refractivity contribution in [1.82, 2.24) is 14.6 Å². The maximum Gasteiger partial charge on any atom is 0.258 e. The minimum Gasteiger partial charge on any atom is -0.457 e. The van der Waals surface area contributed by atoms with Crippen LogP contribution in [-0.2, 0) is 0 Å². The molecule has 5 aromatic rings. The van der Waals surface area contributed by atoms with Crippen LogP contribution in [0, 0.1) is 6.92 Å². The molecular weight excluding hydrogens is 408 g/mol. The standard InChI is InChI=1S/C24H18N4O2S/c1-16-10-12-17(13-11-16)21-15-31-24-26-23(27-28(21)24)25-22(29)18-6-5-9-20(14-18)30-19-7-3-2-4-8-19/h2-15H,1H3,(H,25,27,29). The van der Waals surface area contributed by atoms with Gasteiger partial charge in [-0.1, -0.05) is 54.1 Å². The molecule has 0 saturated heterocycles. The van der Waals surface area contributed by atoms with E-state index in [-0.39, 0.29) is 11.9 Å². The van der Waals surface area contributed by atoms with Gasteiger partial charge in [-0.2, -0.15) is 4.98 Å². The van der Waals surface area contributed by atoms with E-state index in [0.29, 0.717) is 22.0 Å². The molecule has 6 nitrogen and oxygen atoms in total. The number of rotatable bonds is 5. The van der Waals surface area contributed by atoms with E-state index in [2.05, 4.69) is 46.6 Å². The molecule has 0 bridgehead atoms. The Morgan fingerprint density at radius 1 is 0.968 bits per heavy atom. The predicted molar refractivity (Wildman–Crippen MR) is 122 cm³/mol. The molecule has 1 N–H and O–H groups in total. The Balaban J connectivity index is 1.36. The smallest absolute Gasteiger partial charge is 0.258 e. The second-order valence-corrected chi connectivity index (χ2v) is 7.85. The number of benzene rings is 3. The van der Waals surface area contributed by atoms with E-state index < -0.39 is 0 Å². The number of para-hydroxylation sites is 1. The number of hydrogen-bond donors (Lipinski definition) is 1. The van der Waals surface area contributed by atoms with Crippen LogP contribution in [0.2, 0.25) is 0 Å². The lowest BCUT2D eigenvalue weighted by atomic mass is 10.1. The summed E-state index contributed by atoms with van der Waals surface area (Å²) < 4.78 is 7.56. The van der Waals surface area contributed by atoms with Gasteiger partial charge in [0.2, 0.25) is 4.96 Å². The van der Waals surface area contributed by atoms with Crippen LogP contribution in [0.4, 0.5) is 5.95 Å². The summed E-state index contributed by atoms with van der Waals surface area (Å²) in [7, 11) is 0. The molecule has 0 saturated carbocycles. The van der Waals surface area contributed by atoms with Crippen molar-refractivity contribution in [3.63, 3.8) is 0 Å². The number of amides is 1. The van der Waals surface area contributed by atoms with Crippen molar-refractivity contribution in [3.05, 3.63) is 95.4 Å². The molecule has 0 spiro atoms. The van der Waals surface area contributed by atoms with Crippen LogP contribution in [0.25, 0.3) is 16.2 Å². The zero-order chi connectivity index (χ0) is 21.2. The van der Waals surface area contributed by atoms with Crippen LogP contribution in [0.3, 0.4) is 0 Å². The molecule has 2 aromatic heterocycles. The second kappa shape index (κ2) is 8.04. The molecule has 0 aliphatic heterocycles. The highest BCUT2D eigenvalue weighted by Gasteiger charge is 2.15. The van der Waals surface area contributed by atoms with E-state index >= 15 is 0 Å². The fourth-order valence-electron chi connectivity index (χ4n) is 3.16. The third-order valence-corrected chi connectivity index (χ3v) is 5.55. The third kappa shape index (κ3) is 4.04. The van der Waals surface area contributed by atoms with Gasteiger partial charge in [0.05, 0.1) is 5.69 Å². The molecule has 152 valence electrons. The number of aromatic nitrogens is 3. The Morgan fingerprint density at radius 2 is 1.74 bits per heavy atom. The van der Waals surface area contributed by atoms with E-state index in [1.807, 2.05) is 41.8 Å². The summed E-state index contributed by atoms with van der Waals surface area (Å²) >= 11 is 1.48. The van der Waals surface area contributed by atoms with Gasteiger partial charge in [-0.05, 0) is 37.3 Å². The lowest BCUT2D eigenvalue weighted by Gasteiger charge is -2.07. The summed E-state index contributed by atoms with van der Waals surface area (Å²) in [6, 6.07) is 24.7. The molecule has 7 heteroatoms. The zero-order valence-corrected chi connectivity index (χ0v) is 17.5. The molecule has 0 radical (unpaired) electrons. The van der Waals surface area contributed by atoms with Gasteiger partial charge < -0.3 is 4.74 Å². The van der Waals surface area contributed by atoms with E-state index in [1.54, 1.807) is 22.7 Å². The van der Waals surface area contributed by atoms with E-state index in [1.165, 1.54) is 16.9 Å². The Morgan fingerprint density at radius 3 is 2.55 bits per heavy atom. The van der Waals surface area contributed by atoms with Crippen molar-refractivity contribution >= 4 is 28.2 Å². The Hall–Kier alpha value is -3.97. The summed E-state index contributed by atoms with van der Waals surface area (Å²) in [5.41, 5.74) is 3.64. The first kappa shape index (κ1) is 19.0. The quantitative estimate of drug-likeness (QED) is 0.385. The van der Waals surface area contributed by atoms with Gasteiger partial charge in [-0.3, -0.25) is 10.1 Å². The molecule has 0 aliphatic carbocycles. The molecule has 2 heterocycles. The fraction of sp³-hybridized carbons (Fsp3) is 0.0417. The minimum absolute atomic E-state index is 0.264. The van der Waals surface area contributed by atoms with Crippen molar-refractivity contribution in [3.8, 4) is 22.8 Å². The summed E-state index contributed by atoms with van der Waals surface area (Å²) in [4.78, 5) is 17.9. The van der Waals surface area contributed by atoms with Crippen molar-refractivity contribution in [2.24, 2.45) is 0 Å². The first-order valence-corrected chi connectivity index (χ1v) is 10.6. The van der Waals surface area contributed by atoms with Gasteiger partial charge in [0.1, 0.15) is 11.5 Å². The molecule has 0 aliphatic rings. The van der Waals surface area contributed by atoms with Crippen molar-refractivity contribution in [2.75, 3.05) is 5.32 Å². The monoisotopic (exact) mass is 426 g/mol. The molecule has 1 amide bonds. The minimum atomic E-state index is -0.298. The molecule has 3 aromatic carbocycles. The van der Waals surface area contributed by atoms with Crippen molar-refractivity contribution in [1.29, 1.82) is 0 Å². The van der Waals surface area contributed by atoms with Gasteiger partial charge in [-0.15, -0.1) is 16.4 Å². The fourth-order valence-corrected chi connectivity index (χ4v) is 3.99. The largest absolute Gasteiger partial charge is 0.457 e. The van der Waals surface area contributed by atoms with Crippen LogP contribution in [0.1, 0.15) is 15.9 Å². The normalized spacial score (nSPS) is 10.9. The van der Waals surface area contributed by atoms with E-state index in [0.717, 1.165) is 11.3 Å². The first-order chi connectivity index (χ1) is 15.2. The summed E-state index contributed by atoms with van der Waals surface area (Å²) in [6.45, 7) is 2.05. The number of nitrogens with one attached hydrogen (secondary N) is 1. The lowest BCUT2D eigenvalue weighted by molar-refractivity contribution is 0.102. The second-order valence-electron chi connectivity index (χ2n) is 7.01. The number of thiazole rings is 1. The molecule has 0 fully saturated rings. The number of carbonyl (C=O) groups is 1. The maximum atomic E-state index is 12.8. The summed E-state index contributed by atoms with van der Waals surface area (Å²) in [6.07, 6.45) is 0. The molecular formula is C24H18N4O2S. The topological polar surface area (TPSA) is 68.5 Å². The molecule has 0 unspecified atom stereocenters. The Bertz CT molecular complexity index is 1360. The van der Waals surface area contributed by atoms with E-state index in [9.17, 15) is 4.79 Å². The van der Waals surface area contributed by atoms with Gasteiger partial charge in [0.25, 0.3) is 11.9 Å². The van der Waals surface area contributed by atoms with Crippen LogP contribution < -0.4 is 10.1 Å². The van der Waals surface area contributed by atoms with Crippen LogP contribution >= 0.6 is 11.3 Å². The van der Waals surface area contributed by atoms with Gasteiger partial charge in [-0.25, -0.2) is 4.52 Å². The van der Waals surface area contributed by atoms with Crippen LogP contribution in [0.5, 0.6) is 11.5 Å².